The Labute approximate surface area is 199 Å². The van der Waals surface area contributed by atoms with Gasteiger partial charge in [0.05, 0.1) is 6.42 Å². The number of para-hydroxylation sites is 1. The van der Waals surface area contributed by atoms with Gasteiger partial charge in [0.2, 0.25) is 11.8 Å². The summed E-state index contributed by atoms with van der Waals surface area (Å²) in [6, 6.07) is 11.7. The summed E-state index contributed by atoms with van der Waals surface area (Å²) in [7, 11) is 0. The summed E-state index contributed by atoms with van der Waals surface area (Å²) in [6.45, 7) is 2.48. The number of urea groups is 1. The van der Waals surface area contributed by atoms with Crippen molar-refractivity contribution in [2.45, 2.75) is 44.8 Å². The van der Waals surface area contributed by atoms with E-state index in [4.69, 9.17) is 4.74 Å². The number of carbonyl (C=O) groups excluding carboxylic acids is 2. The van der Waals surface area contributed by atoms with Gasteiger partial charge in [-0.3, -0.25) is 4.79 Å². The maximum absolute atomic E-state index is 12.8. The van der Waals surface area contributed by atoms with Gasteiger partial charge in [0.15, 0.2) is 0 Å². The van der Waals surface area contributed by atoms with Crippen molar-refractivity contribution in [3.8, 4) is 5.88 Å². The number of hydrogen-bond acceptors (Lipinski definition) is 4. The minimum Gasteiger partial charge on any atom is -0.474 e. The molecule has 3 heterocycles. The molecule has 8 heteroatoms. The second-order valence-corrected chi connectivity index (χ2v) is 9.05. The fourth-order valence-electron chi connectivity index (χ4n) is 4.82. The average molecular weight is 462 g/mol. The topological polar surface area (TPSA) is 90.6 Å². The first-order valence-electron chi connectivity index (χ1n) is 12.1. The van der Waals surface area contributed by atoms with E-state index in [-0.39, 0.29) is 18.0 Å². The van der Waals surface area contributed by atoms with Crippen LogP contribution in [0.1, 0.15) is 36.8 Å². The number of pyridine rings is 1. The van der Waals surface area contributed by atoms with Gasteiger partial charge in [-0.2, -0.15) is 0 Å². The smallest absolute Gasteiger partial charge is 0.317 e. The van der Waals surface area contributed by atoms with E-state index >= 15 is 0 Å². The number of ether oxygens (including phenoxy) is 1. The van der Waals surface area contributed by atoms with Crippen molar-refractivity contribution >= 4 is 22.8 Å². The first kappa shape index (κ1) is 22.3. The fourth-order valence-corrected chi connectivity index (χ4v) is 4.82. The molecule has 3 aromatic rings. The van der Waals surface area contributed by atoms with Crippen molar-refractivity contribution in [2.24, 2.45) is 0 Å². The molecule has 2 aliphatic rings. The summed E-state index contributed by atoms with van der Waals surface area (Å²) in [6.07, 6.45) is 8.73. The number of nitrogens with zero attached hydrogens (tertiary/aromatic N) is 3. The van der Waals surface area contributed by atoms with Crippen LogP contribution in [0.3, 0.4) is 0 Å². The van der Waals surface area contributed by atoms with Crippen LogP contribution in [-0.2, 0) is 17.8 Å². The van der Waals surface area contributed by atoms with Gasteiger partial charge in [-0.15, -0.1) is 0 Å². The zero-order valence-electron chi connectivity index (χ0n) is 19.3. The van der Waals surface area contributed by atoms with Crippen LogP contribution in [0.15, 0.2) is 48.8 Å². The van der Waals surface area contributed by atoms with Gasteiger partial charge in [-0.25, -0.2) is 9.78 Å². The van der Waals surface area contributed by atoms with Crippen molar-refractivity contribution < 1.29 is 14.3 Å². The number of carbonyl (C=O) groups is 2. The predicted molar refractivity (Wildman–Crippen MR) is 130 cm³/mol. The van der Waals surface area contributed by atoms with Crippen LogP contribution in [-0.4, -0.2) is 64.0 Å². The molecule has 0 unspecified atom stereocenters. The van der Waals surface area contributed by atoms with Crippen LogP contribution in [0, 0.1) is 0 Å². The van der Waals surface area contributed by atoms with Gasteiger partial charge in [-0.05, 0) is 43.4 Å². The van der Waals surface area contributed by atoms with E-state index in [0.29, 0.717) is 45.0 Å². The molecule has 0 spiro atoms. The summed E-state index contributed by atoms with van der Waals surface area (Å²) in [4.78, 5) is 36.8. The quantitative estimate of drug-likeness (QED) is 0.588. The second kappa shape index (κ2) is 10.2. The molecule has 1 saturated carbocycles. The van der Waals surface area contributed by atoms with E-state index in [1.807, 2.05) is 47.5 Å². The lowest BCUT2D eigenvalue weighted by molar-refractivity contribution is -0.131. The number of rotatable bonds is 6. The Morgan fingerprint density at radius 3 is 2.59 bits per heavy atom. The predicted octanol–water partition coefficient (Wildman–Crippen LogP) is 3.48. The molecule has 2 fully saturated rings. The average Bonchev–Trinajstić information content (AvgIpc) is 3.54. The molecule has 1 aliphatic heterocycles. The van der Waals surface area contributed by atoms with E-state index in [9.17, 15) is 9.59 Å². The number of fused-ring (bicyclic) bond motifs is 1. The number of aromatic nitrogens is 2. The van der Waals surface area contributed by atoms with E-state index in [2.05, 4.69) is 15.3 Å². The Bertz CT molecular complexity index is 1150. The lowest BCUT2D eigenvalue weighted by atomic mass is 10.1. The molecule has 1 saturated heterocycles. The Morgan fingerprint density at radius 1 is 1.00 bits per heavy atom. The summed E-state index contributed by atoms with van der Waals surface area (Å²) in [5, 5.41) is 4.08. The fraction of sp³-hybridized carbons (Fsp3) is 0.423. The largest absolute Gasteiger partial charge is 0.474 e. The monoisotopic (exact) mass is 461 g/mol. The second-order valence-electron chi connectivity index (χ2n) is 9.05. The van der Waals surface area contributed by atoms with Gasteiger partial charge in [-0.1, -0.05) is 24.3 Å². The summed E-state index contributed by atoms with van der Waals surface area (Å²) in [5.74, 6) is 0.705. The molecule has 5 rings (SSSR count). The van der Waals surface area contributed by atoms with Gasteiger partial charge in [0.25, 0.3) is 0 Å². The zero-order chi connectivity index (χ0) is 23.3. The van der Waals surface area contributed by atoms with Gasteiger partial charge in [0, 0.05) is 61.6 Å². The molecule has 3 amide bonds. The number of piperazine rings is 1. The van der Waals surface area contributed by atoms with Crippen LogP contribution < -0.4 is 10.1 Å². The molecular weight excluding hydrogens is 430 g/mol. The molecule has 2 aromatic heterocycles. The molecule has 1 aromatic carbocycles. The maximum Gasteiger partial charge on any atom is 0.317 e. The molecule has 0 atom stereocenters. The molecular formula is C26H31N5O3. The highest BCUT2D eigenvalue weighted by molar-refractivity contribution is 5.89. The lowest BCUT2D eigenvalue weighted by Crippen LogP contribution is -2.53. The molecule has 0 radical (unpaired) electrons. The van der Waals surface area contributed by atoms with Crippen LogP contribution in [0.5, 0.6) is 5.88 Å². The Morgan fingerprint density at radius 2 is 1.76 bits per heavy atom. The minimum absolute atomic E-state index is 0.0916. The maximum atomic E-state index is 12.8. The third-order valence-corrected chi connectivity index (χ3v) is 6.80. The minimum atomic E-state index is -0.126. The highest BCUT2D eigenvalue weighted by atomic mass is 16.5. The summed E-state index contributed by atoms with van der Waals surface area (Å²) >= 11 is 0. The number of benzene rings is 1. The SMILES string of the molecule is O=C(Cc1c[nH]c2ccccc12)N1CCN(C(=O)NCc2cccnc2OC2CCCC2)CC1. The van der Waals surface area contributed by atoms with Crippen molar-refractivity contribution in [1.29, 1.82) is 0 Å². The molecule has 0 bridgehead atoms. The Hall–Kier alpha value is -3.55. The zero-order valence-corrected chi connectivity index (χ0v) is 19.3. The van der Waals surface area contributed by atoms with Crippen molar-refractivity contribution in [3.63, 3.8) is 0 Å². The first-order valence-corrected chi connectivity index (χ1v) is 12.1. The van der Waals surface area contributed by atoms with Gasteiger partial charge in [0.1, 0.15) is 6.10 Å². The third kappa shape index (κ3) is 5.00. The molecule has 178 valence electrons. The standard InChI is InChI=1S/C26H31N5O3/c32-24(16-20-18-28-23-10-4-3-9-22(20)23)30-12-14-31(15-13-30)26(33)29-17-19-6-5-11-27-25(19)34-21-7-1-2-8-21/h3-6,9-11,18,21,28H,1-2,7-8,12-17H2,(H,29,33). The number of H-pyrrole nitrogens is 1. The molecule has 1 aliphatic carbocycles. The van der Waals surface area contributed by atoms with E-state index < -0.39 is 0 Å². The third-order valence-electron chi connectivity index (χ3n) is 6.80. The van der Waals surface area contributed by atoms with Crippen molar-refractivity contribution in [2.75, 3.05) is 26.2 Å². The Kier molecular flexibility index (Phi) is 6.65. The highest BCUT2D eigenvalue weighted by Crippen LogP contribution is 2.25. The number of nitrogens with one attached hydrogen (secondary N) is 2. The summed E-state index contributed by atoms with van der Waals surface area (Å²) in [5.41, 5.74) is 2.93. The van der Waals surface area contributed by atoms with E-state index in [1.165, 1.54) is 12.8 Å². The van der Waals surface area contributed by atoms with Crippen molar-refractivity contribution in [1.82, 2.24) is 25.1 Å². The molecule has 34 heavy (non-hydrogen) atoms. The van der Waals surface area contributed by atoms with Gasteiger partial charge < -0.3 is 24.8 Å². The molecule has 2 N–H and O–H groups in total. The normalized spacial score (nSPS) is 16.7. The summed E-state index contributed by atoms with van der Waals surface area (Å²) < 4.78 is 6.07. The van der Waals surface area contributed by atoms with Gasteiger partial charge >= 0.3 is 6.03 Å². The van der Waals surface area contributed by atoms with E-state index in [0.717, 1.165) is 34.9 Å². The number of amides is 3. The van der Waals surface area contributed by atoms with Crippen molar-refractivity contribution in [3.05, 3.63) is 59.9 Å². The van der Waals surface area contributed by atoms with Crippen LogP contribution in [0.4, 0.5) is 4.79 Å². The van der Waals surface area contributed by atoms with Crippen LogP contribution >= 0.6 is 0 Å². The molecule has 8 nitrogen and oxygen atoms in total. The van der Waals surface area contributed by atoms with E-state index in [1.54, 1.807) is 11.1 Å². The Balaban J connectivity index is 1.10. The van der Waals surface area contributed by atoms with Crippen LogP contribution in [0.25, 0.3) is 10.9 Å². The lowest BCUT2D eigenvalue weighted by Gasteiger charge is -2.34. The number of hydrogen-bond donors (Lipinski definition) is 2. The highest BCUT2D eigenvalue weighted by Gasteiger charge is 2.25. The number of aromatic amines is 1. The van der Waals surface area contributed by atoms with Crippen LogP contribution in [0.2, 0.25) is 0 Å². The first-order chi connectivity index (χ1) is 16.7.